The van der Waals surface area contributed by atoms with E-state index in [1.165, 1.54) is 51.5 Å². The molecule has 0 aromatic carbocycles. The van der Waals surface area contributed by atoms with Gasteiger partial charge in [-0.15, -0.1) is 0 Å². The van der Waals surface area contributed by atoms with Gasteiger partial charge in [0.15, 0.2) is 0 Å². The number of hydrogen-bond acceptors (Lipinski definition) is 2. The maximum atomic E-state index is 5.93. The van der Waals surface area contributed by atoms with Crippen molar-refractivity contribution < 1.29 is 0 Å². The summed E-state index contributed by atoms with van der Waals surface area (Å²) < 4.78 is 0. The van der Waals surface area contributed by atoms with Crippen molar-refractivity contribution in [3.05, 3.63) is 0 Å². The Hall–Kier alpha value is -0.0800. The number of nitrogens with one attached hydrogen (secondary N) is 1. The smallest absolute Gasteiger partial charge is 0.00201 e. The third kappa shape index (κ3) is 2.54. The molecule has 2 aliphatic carbocycles. The molecule has 15 heavy (non-hydrogen) atoms. The molecule has 2 fully saturated rings. The van der Waals surface area contributed by atoms with Gasteiger partial charge in [-0.1, -0.05) is 26.2 Å². The highest BCUT2D eigenvalue weighted by atomic mass is 14.9. The van der Waals surface area contributed by atoms with Crippen LogP contribution in [0.2, 0.25) is 0 Å². The first-order chi connectivity index (χ1) is 7.18. The van der Waals surface area contributed by atoms with E-state index in [0.29, 0.717) is 10.8 Å². The average molecular weight is 210 g/mol. The fourth-order valence-electron chi connectivity index (χ4n) is 3.16. The fraction of sp³-hybridized carbons (Fsp3) is 1.00. The molecule has 2 heteroatoms. The fourth-order valence-corrected chi connectivity index (χ4v) is 3.16. The van der Waals surface area contributed by atoms with E-state index in [1.807, 2.05) is 0 Å². The van der Waals surface area contributed by atoms with E-state index in [9.17, 15) is 0 Å². The van der Waals surface area contributed by atoms with Gasteiger partial charge < -0.3 is 11.1 Å². The van der Waals surface area contributed by atoms with Crippen LogP contribution >= 0.6 is 0 Å². The van der Waals surface area contributed by atoms with Crippen LogP contribution in [0.5, 0.6) is 0 Å². The van der Waals surface area contributed by atoms with Crippen molar-refractivity contribution >= 4 is 0 Å². The topological polar surface area (TPSA) is 38.0 Å². The molecule has 2 saturated carbocycles. The lowest BCUT2D eigenvalue weighted by Gasteiger charge is -2.40. The van der Waals surface area contributed by atoms with E-state index < -0.39 is 0 Å². The van der Waals surface area contributed by atoms with Crippen LogP contribution in [0.1, 0.15) is 51.9 Å². The minimum absolute atomic E-state index is 0.445. The Bertz CT molecular complexity index is 203. The highest BCUT2D eigenvalue weighted by Gasteiger charge is 2.35. The molecule has 2 aliphatic rings. The zero-order valence-electron chi connectivity index (χ0n) is 10.1. The van der Waals surface area contributed by atoms with Gasteiger partial charge >= 0.3 is 0 Å². The first kappa shape index (κ1) is 11.4. The van der Waals surface area contributed by atoms with Crippen LogP contribution in [-0.2, 0) is 0 Å². The van der Waals surface area contributed by atoms with Crippen LogP contribution in [0.3, 0.4) is 0 Å². The van der Waals surface area contributed by atoms with Crippen molar-refractivity contribution in [3.8, 4) is 0 Å². The third-order valence-electron chi connectivity index (χ3n) is 4.71. The van der Waals surface area contributed by atoms with E-state index in [0.717, 1.165) is 13.1 Å². The average Bonchev–Trinajstić information content (AvgIpc) is 2.65. The predicted molar refractivity (Wildman–Crippen MR) is 64.8 cm³/mol. The molecule has 88 valence electrons. The molecule has 0 aliphatic heterocycles. The number of nitrogens with two attached hydrogens (primary N) is 1. The largest absolute Gasteiger partial charge is 0.330 e. The third-order valence-corrected chi connectivity index (χ3v) is 4.71. The summed E-state index contributed by atoms with van der Waals surface area (Å²) in [6.07, 6.45) is 9.71. The molecule has 0 radical (unpaired) electrons. The molecule has 0 bridgehead atoms. The highest BCUT2D eigenvalue weighted by molar-refractivity contribution is 4.90. The zero-order chi connectivity index (χ0) is 10.8. The van der Waals surface area contributed by atoms with Crippen LogP contribution in [-0.4, -0.2) is 19.6 Å². The van der Waals surface area contributed by atoms with E-state index in [4.69, 9.17) is 5.73 Å². The van der Waals surface area contributed by atoms with Gasteiger partial charge in [0, 0.05) is 13.1 Å². The van der Waals surface area contributed by atoms with Gasteiger partial charge in [-0.3, -0.25) is 0 Å². The second-order valence-corrected chi connectivity index (χ2v) is 6.18. The number of hydrogen-bond donors (Lipinski definition) is 2. The molecule has 0 spiro atoms. The Morgan fingerprint density at radius 1 is 1.00 bits per heavy atom. The van der Waals surface area contributed by atoms with E-state index in [1.54, 1.807) is 0 Å². The second kappa shape index (κ2) is 4.42. The zero-order valence-corrected chi connectivity index (χ0v) is 10.1. The Balaban J connectivity index is 1.71. The summed E-state index contributed by atoms with van der Waals surface area (Å²) in [6, 6.07) is 0. The van der Waals surface area contributed by atoms with Crippen molar-refractivity contribution in [2.24, 2.45) is 16.6 Å². The molecule has 0 atom stereocenters. The monoisotopic (exact) mass is 210 g/mol. The summed E-state index contributed by atoms with van der Waals surface area (Å²) in [6.45, 7) is 5.64. The molecule has 0 aromatic heterocycles. The summed E-state index contributed by atoms with van der Waals surface area (Å²) in [7, 11) is 0. The van der Waals surface area contributed by atoms with Gasteiger partial charge in [0.2, 0.25) is 0 Å². The molecule has 3 N–H and O–H groups in total. The molecular weight excluding hydrogens is 184 g/mol. The highest BCUT2D eigenvalue weighted by Crippen LogP contribution is 2.40. The standard InChI is InChI=1S/C13H26N2/c1-12(5-4-6-12)10-15-11-13(9-14)7-2-3-8-13/h15H,2-11,14H2,1H3. The first-order valence-electron chi connectivity index (χ1n) is 6.59. The van der Waals surface area contributed by atoms with E-state index in [-0.39, 0.29) is 0 Å². The molecule has 0 saturated heterocycles. The number of rotatable bonds is 5. The summed E-state index contributed by atoms with van der Waals surface area (Å²) >= 11 is 0. The Morgan fingerprint density at radius 2 is 1.67 bits per heavy atom. The predicted octanol–water partition coefficient (Wildman–Crippen LogP) is 2.29. The molecule has 0 aromatic rings. The maximum absolute atomic E-state index is 5.93. The van der Waals surface area contributed by atoms with Crippen molar-refractivity contribution in [2.45, 2.75) is 51.9 Å². The second-order valence-electron chi connectivity index (χ2n) is 6.18. The minimum atomic E-state index is 0.445. The molecule has 2 rings (SSSR count). The normalized spacial score (nSPS) is 27.6. The summed E-state index contributed by atoms with van der Waals surface area (Å²) in [4.78, 5) is 0. The lowest BCUT2D eigenvalue weighted by atomic mass is 9.70. The lowest BCUT2D eigenvalue weighted by molar-refractivity contribution is 0.147. The van der Waals surface area contributed by atoms with E-state index >= 15 is 0 Å². The van der Waals surface area contributed by atoms with Gasteiger partial charge in [0.1, 0.15) is 0 Å². The van der Waals surface area contributed by atoms with Crippen LogP contribution in [0.15, 0.2) is 0 Å². The summed E-state index contributed by atoms with van der Waals surface area (Å²) in [5.41, 5.74) is 6.98. The minimum Gasteiger partial charge on any atom is -0.330 e. The van der Waals surface area contributed by atoms with Gasteiger partial charge in [0.25, 0.3) is 0 Å². The maximum Gasteiger partial charge on any atom is 0.00201 e. The van der Waals surface area contributed by atoms with Gasteiger partial charge in [-0.05, 0) is 43.1 Å². The van der Waals surface area contributed by atoms with Crippen molar-refractivity contribution in [2.75, 3.05) is 19.6 Å². The molecule has 0 amide bonds. The van der Waals surface area contributed by atoms with Gasteiger partial charge in [0.05, 0.1) is 0 Å². The van der Waals surface area contributed by atoms with Crippen molar-refractivity contribution in [3.63, 3.8) is 0 Å². The first-order valence-corrected chi connectivity index (χ1v) is 6.59. The van der Waals surface area contributed by atoms with Crippen LogP contribution < -0.4 is 11.1 Å². The molecule has 0 unspecified atom stereocenters. The van der Waals surface area contributed by atoms with Crippen LogP contribution in [0.4, 0.5) is 0 Å². The Morgan fingerprint density at radius 3 is 2.13 bits per heavy atom. The Kier molecular flexibility index (Phi) is 3.36. The Labute approximate surface area is 94.0 Å². The van der Waals surface area contributed by atoms with Crippen molar-refractivity contribution in [1.82, 2.24) is 5.32 Å². The van der Waals surface area contributed by atoms with Gasteiger partial charge in [-0.25, -0.2) is 0 Å². The van der Waals surface area contributed by atoms with E-state index in [2.05, 4.69) is 12.2 Å². The SMILES string of the molecule is CC1(CNCC2(CN)CCCC2)CCC1. The molecule has 2 nitrogen and oxygen atoms in total. The lowest BCUT2D eigenvalue weighted by Crippen LogP contribution is -2.44. The summed E-state index contributed by atoms with van der Waals surface area (Å²) in [5.74, 6) is 0. The molecule has 0 heterocycles. The summed E-state index contributed by atoms with van der Waals surface area (Å²) in [5, 5.41) is 3.68. The molecular formula is C13H26N2. The van der Waals surface area contributed by atoms with Crippen LogP contribution in [0.25, 0.3) is 0 Å². The quantitative estimate of drug-likeness (QED) is 0.730. The van der Waals surface area contributed by atoms with Gasteiger partial charge in [-0.2, -0.15) is 0 Å². The van der Waals surface area contributed by atoms with Crippen LogP contribution in [0, 0.1) is 10.8 Å². The van der Waals surface area contributed by atoms with Crippen molar-refractivity contribution in [1.29, 1.82) is 0 Å².